The summed E-state index contributed by atoms with van der Waals surface area (Å²) < 4.78 is 0. The number of aryl methyl sites for hydroxylation is 1. The number of rotatable bonds is 1. The average molecular weight is 318 g/mol. The van der Waals surface area contributed by atoms with Crippen LogP contribution in [-0.4, -0.2) is 23.4 Å². The van der Waals surface area contributed by atoms with E-state index in [1.807, 2.05) is 13.0 Å². The van der Waals surface area contributed by atoms with Gasteiger partial charge in [0.2, 0.25) is 5.91 Å². The lowest BCUT2D eigenvalue weighted by Crippen LogP contribution is -2.62. The molecule has 6 heteroatoms. The standard InChI is InChI=1S/C16H16ClN3O2/c1-9-2-3-10(8-18)6-13(9)20-14-7-11(17)4-5-12(14)15(21)19-16(20)22/h2-3,6,11-12,14H,4-5,7H2,1H3,(H,19,21,22). The second-order valence-electron chi connectivity index (χ2n) is 5.86. The van der Waals surface area contributed by atoms with Crippen molar-refractivity contribution in [2.45, 2.75) is 37.6 Å². The van der Waals surface area contributed by atoms with Crippen molar-refractivity contribution < 1.29 is 9.59 Å². The quantitative estimate of drug-likeness (QED) is 0.809. The lowest BCUT2D eigenvalue weighted by atomic mass is 9.81. The molecule has 0 radical (unpaired) electrons. The molecule has 3 unspecified atom stereocenters. The third-order valence-corrected chi connectivity index (χ3v) is 4.86. The molecule has 0 bridgehead atoms. The van der Waals surface area contributed by atoms with Gasteiger partial charge in [-0.05, 0) is 43.9 Å². The van der Waals surface area contributed by atoms with E-state index >= 15 is 0 Å². The van der Waals surface area contributed by atoms with Crippen molar-refractivity contribution in [3.63, 3.8) is 0 Å². The fourth-order valence-electron chi connectivity index (χ4n) is 3.32. The van der Waals surface area contributed by atoms with Crippen molar-refractivity contribution in [2.24, 2.45) is 5.92 Å². The minimum atomic E-state index is -0.435. The number of carbonyl (C=O) groups excluding carboxylic acids is 2. The van der Waals surface area contributed by atoms with Gasteiger partial charge in [-0.3, -0.25) is 15.0 Å². The van der Waals surface area contributed by atoms with E-state index in [0.29, 0.717) is 24.1 Å². The summed E-state index contributed by atoms with van der Waals surface area (Å²) in [6.45, 7) is 1.89. The second kappa shape index (κ2) is 5.62. The van der Waals surface area contributed by atoms with Crippen molar-refractivity contribution in [1.29, 1.82) is 5.26 Å². The van der Waals surface area contributed by atoms with E-state index < -0.39 is 6.03 Å². The van der Waals surface area contributed by atoms with Gasteiger partial charge in [-0.2, -0.15) is 5.26 Å². The van der Waals surface area contributed by atoms with Crippen LogP contribution in [0.5, 0.6) is 0 Å². The fraction of sp³-hybridized carbons (Fsp3) is 0.438. The Balaban J connectivity index is 2.05. The van der Waals surface area contributed by atoms with Crippen LogP contribution in [0.1, 0.15) is 30.4 Å². The average Bonchev–Trinajstić information content (AvgIpc) is 2.48. The molecule has 1 aromatic rings. The van der Waals surface area contributed by atoms with Crippen molar-refractivity contribution in [3.05, 3.63) is 29.3 Å². The van der Waals surface area contributed by atoms with Gasteiger partial charge in [0, 0.05) is 11.1 Å². The molecule has 5 nitrogen and oxygen atoms in total. The van der Waals surface area contributed by atoms with E-state index in [1.165, 1.54) is 0 Å². The fourth-order valence-corrected chi connectivity index (χ4v) is 3.63. The lowest BCUT2D eigenvalue weighted by Gasteiger charge is -2.44. The van der Waals surface area contributed by atoms with Crippen LogP contribution in [0.2, 0.25) is 0 Å². The van der Waals surface area contributed by atoms with Crippen LogP contribution >= 0.6 is 11.6 Å². The van der Waals surface area contributed by atoms with Crippen LogP contribution in [0.15, 0.2) is 18.2 Å². The zero-order valence-electron chi connectivity index (χ0n) is 12.2. The molecule has 3 rings (SSSR count). The molecule has 22 heavy (non-hydrogen) atoms. The predicted molar refractivity (Wildman–Crippen MR) is 82.7 cm³/mol. The molecule has 1 aliphatic carbocycles. The second-order valence-corrected chi connectivity index (χ2v) is 6.48. The topological polar surface area (TPSA) is 73.2 Å². The molecule has 1 aliphatic heterocycles. The Morgan fingerprint density at radius 1 is 1.36 bits per heavy atom. The van der Waals surface area contributed by atoms with E-state index in [4.69, 9.17) is 16.9 Å². The van der Waals surface area contributed by atoms with Crippen LogP contribution in [0.25, 0.3) is 0 Å². The van der Waals surface area contributed by atoms with E-state index in [2.05, 4.69) is 11.4 Å². The van der Waals surface area contributed by atoms with Crippen molar-refractivity contribution in [2.75, 3.05) is 4.90 Å². The van der Waals surface area contributed by atoms with Crippen LogP contribution in [0, 0.1) is 24.2 Å². The van der Waals surface area contributed by atoms with Gasteiger partial charge in [0.15, 0.2) is 0 Å². The number of carbonyl (C=O) groups is 2. The number of halogens is 1. The molecule has 1 aromatic carbocycles. The van der Waals surface area contributed by atoms with E-state index in [9.17, 15) is 9.59 Å². The van der Waals surface area contributed by atoms with Gasteiger partial charge in [0.05, 0.1) is 23.6 Å². The molecule has 1 saturated heterocycles. The molecule has 2 fully saturated rings. The van der Waals surface area contributed by atoms with Gasteiger partial charge in [-0.25, -0.2) is 4.79 Å². The van der Waals surface area contributed by atoms with Crippen LogP contribution < -0.4 is 10.2 Å². The minimum Gasteiger partial charge on any atom is -0.290 e. The maximum Gasteiger partial charge on any atom is 0.328 e. The van der Waals surface area contributed by atoms with E-state index in [0.717, 1.165) is 12.0 Å². The number of imide groups is 1. The first-order valence-electron chi connectivity index (χ1n) is 7.30. The first-order valence-corrected chi connectivity index (χ1v) is 7.73. The zero-order valence-corrected chi connectivity index (χ0v) is 12.9. The van der Waals surface area contributed by atoms with Crippen LogP contribution in [0.4, 0.5) is 10.5 Å². The first-order chi connectivity index (χ1) is 10.5. The van der Waals surface area contributed by atoms with Crippen LogP contribution in [0.3, 0.4) is 0 Å². The van der Waals surface area contributed by atoms with E-state index in [-0.39, 0.29) is 23.2 Å². The number of nitrogens with one attached hydrogen (secondary N) is 1. The molecule has 114 valence electrons. The summed E-state index contributed by atoms with van der Waals surface area (Å²) in [5.74, 6) is -0.457. The maximum atomic E-state index is 12.4. The number of fused-ring (bicyclic) bond motifs is 1. The number of hydrogen-bond acceptors (Lipinski definition) is 3. The maximum absolute atomic E-state index is 12.4. The van der Waals surface area contributed by atoms with Gasteiger partial charge >= 0.3 is 6.03 Å². The summed E-state index contributed by atoms with van der Waals surface area (Å²) in [6.07, 6.45) is 2.03. The molecule has 3 atom stereocenters. The number of anilines is 1. The molecule has 2 aliphatic rings. The van der Waals surface area contributed by atoms with Gasteiger partial charge in [0.25, 0.3) is 0 Å². The van der Waals surface area contributed by atoms with Gasteiger partial charge < -0.3 is 0 Å². The third kappa shape index (κ3) is 2.44. The Morgan fingerprint density at radius 2 is 2.14 bits per heavy atom. The number of alkyl halides is 1. The monoisotopic (exact) mass is 317 g/mol. The molecule has 0 aromatic heterocycles. The van der Waals surface area contributed by atoms with Crippen LogP contribution in [-0.2, 0) is 4.79 Å². The molecule has 1 N–H and O–H groups in total. The Bertz CT molecular complexity index is 682. The number of amides is 3. The first kappa shape index (κ1) is 14.9. The van der Waals surface area contributed by atoms with Crippen molar-refractivity contribution >= 4 is 29.2 Å². The molecule has 1 saturated carbocycles. The molecular weight excluding hydrogens is 302 g/mol. The highest BCUT2D eigenvalue weighted by Gasteiger charge is 2.45. The SMILES string of the molecule is Cc1ccc(C#N)cc1N1C(=O)NC(=O)C2CCC(Cl)CC21. The van der Waals surface area contributed by atoms with Crippen molar-refractivity contribution in [3.8, 4) is 6.07 Å². The highest BCUT2D eigenvalue weighted by atomic mass is 35.5. The largest absolute Gasteiger partial charge is 0.328 e. The van der Waals surface area contributed by atoms with Gasteiger partial charge in [-0.1, -0.05) is 6.07 Å². The summed E-state index contributed by atoms with van der Waals surface area (Å²) in [4.78, 5) is 26.1. The minimum absolute atomic E-state index is 0.0399. The molecular formula is C16H16ClN3O2. The molecule has 3 amide bonds. The molecule has 0 spiro atoms. The highest BCUT2D eigenvalue weighted by molar-refractivity contribution is 6.21. The predicted octanol–water partition coefficient (Wildman–Crippen LogP) is 2.70. The number of hydrogen-bond donors (Lipinski definition) is 1. The smallest absolute Gasteiger partial charge is 0.290 e. The Kier molecular flexibility index (Phi) is 3.79. The summed E-state index contributed by atoms with van der Waals surface area (Å²) in [5.41, 5.74) is 2.05. The summed E-state index contributed by atoms with van der Waals surface area (Å²) in [7, 11) is 0. The zero-order chi connectivity index (χ0) is 15.9. The Hall–Kier alpha value is -2.06. The highest BCUT2D eigenvalue weighted by Crippen LogP contribution is 2.37. The molecule has 1 heterocycles. The summed E-state index contributed by atoms with van der Waals surface area (Å²) in [5, 5.41) is 11.5. The van der Waals surface area contributed by atoms with Crippen molar-refractivity contribution in [1.82, 2.24) is 5.32 Å². The third-order valence-electron chi connectivity index (χ3n) is 4.47. The summed E-state index contributed by atoms with van der Waals surface area (Å²) >= 11 is 6.26. The summed E-state index contributed by atoms with van der Waals surface area (Å²) in [6, 6.07) is 6.63. The van der Waals surface area contributed by atoms with E-state index in [1.54, 1.807) is 17.0 Å². The van der Waals surface area contributed by atoms with Gasteiger partial charge in [0.1, 0.15) is 0 Å². The number of nitriles is 1. The normalized spacial score (nSPS) is 27.9. The Labute approximate surface area is 133 Å². The Morgan fingerprint density at radius 3 is 2.86 bits per heavy atom. The number of benzene rings is 1. The van der Waals surface area contributed by atoms with Gasteiger partial charge in [-0.15, -0.1) is 11.6 Å². The number of urea groups is 1. The lowest BCUT2D eigenvalue weighted by molar-refractivity contribution is -0.126. The number of nitrogens with zero attached hydrogens (tertiary/aromatic N) is 2.